The van der Waals surface area contributed by atoms with Gasteiger partial charge in [-0.15, -0.1) is 0 Å². The summed E-state index contributed by atoms with van der Waals surface area (Å²) in [6.45, 7) is 17.0. The minimum absolute atomic E-state index is 0.0140. The number of rotatable bonds is 8. The molecule has 22 atom stereocenters. The summed E-state index contributed by atoms with van der Waals surface area (Å²) in [7, 11) is 0. The monoisotopic (exact) mass is 897 g/mol. The maximum atomic E-state index is 13.1. The summed E-state index contributed by atoms with van der Waals surface area (Å²) in [6.07, 6.45) is -10.1. The first-order chi connectivity index (χ1) is 29.4. The fourth-order valence-corrected chi connectivity index (χ4v) is 14.8. The molecule has 8 aliphatic rings. The van der Waals surface area contributed by atoms with Gasteiger partial charge >= 0.3 is 5.97 Å². The molecule has 0 aromatic carbocycles. The number of carboxylic acids is 1. The van der Waals surface area contributed by atoms with Gasteiger partial charge in [0.2, 0.25) is 0 Å². The van der Waals surface area contributed by atoms with Crippen molar-refractivity contribution in [3.8, 4) is 0 Å². The van der Waals surface area contributed by atoms with Crippen molar-refractivity contribution >= 4 is 5.97 Å². The van der Waals surface area contributed by atoms with Crippen molar-refractivity contribution in [2.45, 2.75) is 212 Å². The zero-order valence-electron chi connectivity index (χ0n) is 38.3. The quantitative estimate of drug-likeness (QED) is 0.125. The first kappa shape index (κ1) is 48.1. The summed E-state index contributed by atoms with van der Waals surface area (Å²) >= 11 is 0. The minimum Gasteiger partial charge on any atom is -0.481 e. The molecule has 9 N–H and O–H groups in total. The van der Waals surface area contributed by atoms with Crippen LogP contribution in [0.3, 0.4) is 0 Å². The maximum Gasteiger partial charge on any atom is 0.310 e. The third-order valence-electron chi connectivity index (χ3n) is 18.9. The van der Waals surface area contributed by atoms with Crippen molar-refractivity contribution in [1.82, 2.24) is 0 Å². The Labute approximate surface area is 371 Å². The van der Waals surface area contributed by atoms with E-state index in [9.17, 15) is 50.8 Å². The normalized spacial score (nSPS) is 54.1. The number of allylic oxidation sites excluding steroid dienone is 2. The number of aliphatic hydroxyl groups excluding tert-OH is 8. The van der Waals surface area contributed by atoms with Crippen molar-refractivity contribution < 1.29 is 79.2 Å². The van der Waals surface area contributed by atoms with Gasteiger partial charge in [0.1, 0.15) is 61.0 Å². The Bertz CT molecular complexity index is 1720. The minimum atomic E-state index is -1.80. The lowest BCUT2D eigenvalue weighted by Gasteiger charge is -2.71. The average molecular weight is 897 g/mol. The summed E-state index contributed by atoms with van der Waals surface area (Å²) in [5.74, 6) is 0.0702. The van der Waals surface area contributed by atoms with E-state index in [4.69, 9.17) is 28.4 Å². The maximum absolute atomic E-state index is 13.1. The highest BCUT2D eigenvalue weighted by Crippen LogP contribution is 2.76. The number of hydrogen-bond donors (Lipinski definition) is 9. The third-order valence-corrected chi connectivity index (χ3v) is 18.9. The smallest absolute Gasteiger partial charge is 0.310 e. The second-order valence-corrected chi connectivity index (χ2v) is 23.0. The molecule has 16 heteroatoms. The van der Waals surface area contributed by atoms with Crippen LogP contribution in [0.1, 0.15) is 120 Å². The van der Waals surface area contributed by atoms with Gasteiger partial charge in [0.25, 0.3) is 0 Å². The standard InChI is InChI=1S/C47H76O16/c1-22-30(50)37(63-39-33(53)32(52)31(51)26(20-48)60-39)35(55)40(59-22)62-36-25(49)21-58-38(34(36)54)61-29-12-13-44(6)27(43(29,4)5)11-14-46(8)28(44)10-9-23-24-19-42(2,3)15-17-47(24,41(56)57)18-16-45(23,46)7/h9,22,24-40,48-55H,10-21H2,1-8H3,(H,56,57)/t22-,24+,25-,26+,27+,28+,29+,30-,31+,32-,33+,34+,35+,36-,37+,38+,39+,40+,44+,45+,46+,47-/m0/s1. The number of aliphatic carboxylic acids is 1. The lowest BCUT2D eigenvalue weighted by Crippen LogP contribution is -2.66. The highest BCUT2D eigenvalue weighted by Gasteiger charge is 2.70. The molecule has 0 unspecified atom stereocenters. The van der Waals surface area contributed by atoms with Gasteiger partial charge in [0.05, 0.1) is 30.8 Å². The van der Waals surface area contributed by atoms with Crippen molar-refractivity contribution in [2.75, 3.05) is 13.2 Å². The fraction of sp³-hybridized carbons (Fsp3) is 0.936. The predicted molar refractivity (Wildman–Crippen MR) is 223 cm³/mol. The van der Waals surface area contributed by atoms with Crippen molar-refractivity contribution in [3.05, 3.63) is 11.6 Å². The molecule has 0 bridgehead atoms. The molecular formula is C47H76O16. The second-order valence-electron chi connectivity index (χ2n) is 23.0. The van der Waals surface area contributed by atoms with E-state index in [1.807, 2.05) is 0 Å². The molecule has 3 heterocycles. The van der Waals surface area contributed by atoms with Gasteiger partial charge in [0.15, 0.2) is 18.9 Å². The summed E-state index contributed by atoms with van der Waals surface area (Å²) in [5, 5.41) is 96.7. The van der Waals surface area contributed by atoms with Gasteiger partial charge in [-0.25, -0.2) is 0 Å². The Morgan fingerprint density at radius 1 is 0.714 bits per heavy atom. The van der Waals surface area contributed by atoms with Gasteiger partial charge in [-0.3, -0.25) is 4.79 Å². The summed E-state index contributed by atoms with van der Waals surface area (Å²) < 4.78 is 35.8. The summed E-state index contributed by atoms with van der Waals surface area (Å²) in [5.41, 5.74) is 0.302. The van der Waals surface area contributed by atoms with Crippen LogP contribution in [0.5, 0.6) is 0 Å². The number of ether oxygens (including phenoxy) is 6. The Kier molecular flexibility index (Phi) is 12.8. The van der Waals surface area contributed by atoms with Crippen molar-refractivity contribution in [3.63, 3.8) is 0 Å². The zero-order chi connectivity index (χ0) is 46.0. The summed E-state index contributed by atoms with van der Waals surface area (Å²) in [6, 6.07) is 0. The molecule has 4 saturated carbocycles. The lowest BCUT2D eigenvalue weighted by molar-refractivity contribution is -0.376. The molecule has 0 spiro atoms. The van der Waals surface area contributed by atoms with Crippen LogP contribution in [0, 0.1) is 50.2 Å². The molecule has 63 heavy (non-hydrogen) atoms. The van der Waals surface area contributed by atoms with E-state index in [0.29, 0.717) is 18.8 Å². The van der Waals surface area contributed by atoms with Crippen LogP contribution in [0.2, 0.25) is 0 Å². The van der Waals surface area contributed by atoms with E-state index in [2.05, 4.69) is 54.5 Å². The zero-order valence-corrected chi connectivity index (χ0v) is 38.3. The third kappa shape index (κ3) is 7.51. The van der Waals surface area contributed by atoms with Crippen LogP contribution < -0.4 is 0 Å². The molecule has 7 fully saturated rings. The van der Waals surface area contributed by atoms with Crippen LogP contribution in [-0.4, -0.2) is 157 Å². The van der Waals surface area contributed by atoms with Gasteiger partial charge in [-0.2, -0.15) is 0 Å². The van der Waals surface area contributed by atoms with E-state index in [-0.39, 0.29) is 51.6 Å². The lowest BCUT2D eigenvalue weighted by atomic mass is 9.33. The molecule has 8 rings (SSSR count). The highest BCUT2D eigenvalue weighted by atomic mass is 16.7. The van der Waals surface area contributed by atoms with Gasteiger partial charge in [0, 0.05) is 0 Å². The van der Waals surface area contributed by atoms with E-state index < -0.39 is 104 Å². The molecule has 0 aromatic rings. The molecule has 3 aliphatic heterocycles. The number of carboxylic acid groups (broad SMARTS) is 1. The average Bonchev–Trinajstić information content (AvgIpc) is 3.21. The number of fused-ring (bicyclic) bond motifs is 7. The second kappa shape index (κ2) is 16.7. The molecular weight excluding hydrogens is 821 g/mol. The van der Waals surface area contributed by atoms with E-state index in [0.717, 1.165) is 51.4 Å². The molecule has 0 aromatic heterocycles. The SMILES string of the molecule is C[C@@H]1O[C@H](O[C@@H]2[C@@H](O)[C@@H](O[C@@H]3CC[C@]4(C)[C@H](CC[C@]5(C)[C@@H]4CC=C4[C@H]6CC(C)(C)CC[C@]6(C(=O)O)CC[C@]45C)C3(C)C)OC[C@@H]2O)[C@H](O)[C@H](O[C@H]2O[C@H](CO)[C@@H](O)[C@H](O)[C@H]2O)[C@H]1O. The van der Waals surface area contributed by atoms with Gasteiger partial charge in [-0.05, 0) is 116 Å². The Hall–Kier alpha value is -1.35. The molecule has 5 aliphatic carbocycles. The number of hydrogen-bond acceptors (Lipinski definition) is 15. The van der Waals surface area contributed by atoms with Crippen LogP contribution in [0.25, 0.3) is 0 Å². The van der Waals surface area contributed by atoms with E-state index in [1.54, 1.807) is 0 Å². The van der Waals surface area contributed by atoms with E-state index >= 15 is 0 Å². The topological polar surface area (TPSA) is 255 Å². The molecule has 0 radical (unpaired) electrons. The number of carbonyl (C=O) groups is 1. The Balaban J connectivity index is 0.962. The van der Waals surface area contributed by atoms with Crippen LogP contribution >= 0.6 is 0 Å². The van der Waals surface area contributed by atoms with Gasteiger partial charge in [-0.1, -0.05) is 60.1 Å². The largest absolute Gasteiger partial charge is 0.481 e. The predicted octanol–water partition coefficient (Wildman–Crippen LogP) is 2.37. The fourth-order valence-electron chi connectivity index (χ4n) is 14.8. The number of aliphatic hydroxyl groups is 8. The Morgan fingerprint density at radius 3 is 2.05 bits per heavy atom. The Morgan fingerprint density at radius 2 is 1.37 bits per heavy atom. The van der Waals surface area contributed by atoms with Crippen molar-refractivity contribution in [2.24, 2.45) is 50.2 Å². The van der Waals surface area contributed by atoms with Crippen LogP contribution in [0.15, 0.2) is 11.6 Å². The summed E-state index contributed by atoms with van der Waals surface area (Å²) in [4.78, 5) is 13.1. The van der Waals surface area contributed by atoms with Gasteiger partial charge < -0.3 is 74.4 Å². The molecule has 360 valence electrons. The van der Waals surface area contributed by atoms with E-state index in [1.165, 1.54) is 12.5 Å². The highest BCUT2D eigenvalue weighted by molar-refractivity contribution is 5.76. The van der Waals surface area contributed by atoms with Crippen LogP contribution in [-0.2, 0) is 33.2 Å². The van der Waals surface area contributed by atoms with Crippen LogP contribution in [0.4, 0.5) is 0 Å². The molecule has 16 nitrogen and oxygen atoms in total. The molecule has 3 saturated heterocycles. The van der Waals surface area contributed by atoms with Crippen molar-refractivity contribution in [1.29, 1.82) is 0 Å². The first-order valence-corrected chi connectivity index (χ1v) is 23.6. The molecule has 0 amide bonds. The first-order valence-electron chi connectivity index (χ1n) is 23.6.